The molecule has 1 aromatic carbocycles. The molecule has 108 valence electrons. The Bertz CT molecular complexity index is 622. The highest BCUT2D eigenvalue weighted by atomic mass is 32.2. The Morgan fingerprint density at radius 3 is 2.80 bits per heavy atom. The Morgan fingerprint density at radius 2 is 2.15 bits per heavy atom. The van der Waals surface area contributed by atoms with Gasteiger partial charge in [0.15, 0.2) is 0 Å². The molecule has 20 heavy (non-hydrogen) atoms. The minimum atomic E-state index is -3.62. The van der Waals surface area contributed by atoms with Crippen LogP contribution in [0.5, 0.6) is 0 Å². The summed E-state index contributed by atoms with van der Waals surface area (Å²) in [5, 5.41) is 9.07. The summed E-state index contributed by atoms with van der Waals surface area (Å²) in [7, 11) is -3.62. The first-order valence-electron chi connectivity index (χ1n) is 6.75. The maximum absolute atomic E-state index is 12.7. The van der Waals surface area contributed by atoms with Gasteiger partial charge in [-0.1, -0.05) is 25.5 Å². The van der Waals surface area contributed by atoms with E-state index in [4.69, 9.17) is 11.0 Å². The van der Waals surface area contributed by atoms with Gasteiger partial charge in [-0.05, 0) is 24.5 Å². The highest BCUT2D eigenvalue weighted by molar-refractivity contribution is 7.89. The van der Waals surface area contributed by atoms with Crippen molar-refractivity contribution < 1.29 is 8.42 Å². The average Bonchev–Trinajstić information content (AvgIpc) is 2.47. The average molecular weight is 293 g/mol. The van der Waals surface area contributed by atoms with Crippen LogP contribution in [-0.2, 0) is 10.0 Å². The first-order chi connectivity index (χ1) is 9.50. The topological polar surface area (TPSA) is 87.2 Å². The van der Waals surface area contributed by atoms with Crippen molar-refractivity contribution in [1.82, 2.24) is 4.31 Å². The van der Waals surface area contributed by atoms with Crippen molar-refractivity contribution in [2.45, 2.75) is 30.7 Å². The van der Waals surface area contributed by atoms with E-state index in [1.54, 1.807) is 12.1 Å². The van der Waals surface area contributed by atoms with Crippen LogP contribution in [0.1, 0.15) is 25.3 Å². The lowest BCUT2D eigenvalue weighted by Gasteiger charge is -2.35. The molecule has 1 aliphatic rings. The standard InChI is InChI=1S/C14H19N3O2S/c1-2-11-10-17(8-7-13(11)16)20(18,19)14-6-4-3-5-12(14)9-15/h3-6,11,13H,2,7-8,10,16H2,1H3. The van der Waals surface area contributed by atoms with Crippen LogP contribution < -0.4 is 5.73 Å². The number of sulfonamides is 1. The van der Waals surface area contributed by atoms with Crippen LogP contribution >= 0.6 is 0 Å². The van der Waals surface area contributed by atoms with E-state index in [0.717, 1.165) is 6.42 Å². The van der Waals surface area contributed by atoms with E-state index in [1.807, 2.05) is 13.0 Å². The van der Waals surface area contributed by atoms with Gasteiger partial charge in [0.25, 0.3) is 0 Å². The fourth-order valence-electron chi connectivity index (χ4n) is 2.59. The number of nitriles is 1. The number of hydrogen-bond acceptors (Lipinski definition) is 4. The van der Waals surface area contributed by atoms with Gasteiger partial charge in [0, 0.05) is 19.1 Å². The second kappa shape index (κ2) is 5.92. The summed E-state index contributed by atoms with van der Waals surface area (Å²) in [6.45, 7) is 2.86. The van der Waals surface area contributed by atoms with Gasteiger partial charge >= 0.3 is 0 Å². The molecule has 0 aromatic heterocycles. The third-order valence-electron chi connectivity index (χ3n) is 3.91. The van der Waals surface area contributed by atoms with Gasteiger partial charge in [-0.25, -0.2) is 8.42 Å². The van der Waals surface area contributed by atoms with Crippen molar-refractivity contribution >= 4 is 10.0 Å². The number of benzene rings is 1. The number of nitrogens with zero attached hydrogens (tertiary/aromatic N) is 2. The molecule has 0 spiro atoms. The van der Waals surface area contributed by atoms with Gasteiger partial charge in [0.1, 0.15) is 6.07 Å². The summed E-state index contributed by atoms with van der Waals surface area (Å²) in [5.74, 6) is 0.174. The second-order valence-corrected chi connectivity index (χ2v) is 7.00. The smallest absolute Gasteiger partial charge is 0.244 e. The molecule has 2 rings (SSSR count). The van der Waals surface area contributed by atoms with Gasteiger partial charge in [0.05, 0.1) is 10.5 Å². The fourth-order valence-corrected chi connectivity index (χ4v) is 4.24. The van der Waals surface area contributed by atoms with Crippen LogP contribution in [0.25, 0.3) is 0 Å². The lowest BCUT2D eigenvalue weighted by atomic mass is 9.92. The van der Waals surface area contributed by atoms with E-state index in [9.17, 15) is 8.42 Å². The normalized spacial score (nSPS) is 24.2. The van der Waals surface area contributed by atoms with Gasteiger partial charge in [-0.2, -0.15) is 9.57 Å². The maximum atomic E-state index is 12.7. The highest BCUT2D eigenvalue weighted by Crippen LogP contribution is 2.26. The molecule has 2 unspecified atom stereocenters. The highest BCUT2D eigenvalue weighted by Gasteiger charge is 2.34. The third kappa shape index (κ3) is 2.70. The molecule has 1 fully saturated rings. The number of rotatable bonds is 3. The number of piperidine rings is 1. The summed E-state index contributed by atoms with van der Waals surface area (Å²) in [4.78, 5) is 0.0906. The Kier molecular flexibility index (Phi) is 4.43. The van der Waals surface area contributed by atoms with E-state index < -0.39 is 10.0 Å². The van der Waals surface area contributed by atoms with Crippen molar-refractivity contribution in [1.29, 1.82) is 5.26 Å². The van der Waals surface area contributed by atoms with Crippen LogP contribution in [0.3, 0.4) is 0 Å². The molecule has 1 saturated heterocycles. The van der Waals surface area contributed by atoms with E-state index in [-0.39, 0.29) is 22.4 Å². The van der Waals surface area contributed by atoms with Gasteiger partial charge in [-0.3, -0.25) is 0 Å². The van der Waals surface area contributed by atoms with Crippen molar-refractivity contribution in [3.63, 3.8) is 0 Å². The zero-order valence-electron chi connectivity index (χ0n) is 11.5. The van der Waals surface area contributed by atoms with E-state index in [0.29, 0.717) is 19.5 Å². The summed E-state index contributed by atoms with van der Waals surface area (Å²) in [6.07, 6.45) is 1.51. The van der Waals surface area contributed by atoms with E-state index >= 15 is 0 Å². The molecule has 6 heteroatoms. The molecule has 1 aromatic rings. The van der Waals surface area contributed by atoms with Crippen LogP contribution in [0.2, 0.25) is 0 Å². The minimum Gasteiger partial charge on any atom is -0.327 e. The zero-order chi connectivity index (χ0) is 14.8. The van der Waals surface area contributed by atoms with Crippen LogP contribution in [0.4, 0.5) is 0 Å². The summed E-state index contributed by atoms with van der Waals surface area (Å²) in [6, 6.07) is 8.32. The molecule has 0 saturated carbocycles. The van der Waals surface area contributed by atoms with Gasteiger partial charge < -0.3 is 5.73 Å². The number of hydrogen-bond donors (Lipinski definition) is 1. The van der Waals surface area contributed by atoms with Crippen molar-refractivity contribution in [3.05, 3.63) is 29.8 Å². The third-order valence-corrected chi connectivity index (χ3v) is 5.83. The lowest BCUT2D eigenvalue weighted by molar-refractivity contribution is 0.230. The Balaban J connectivity index is 2.34. The molecule has 2 atom stereocenters. The Labute approximate surface area is 120 Å². The molecule has 0 bridgehead atoms. The van der Waals surface area contributed by atoms with E-state index in [2.05, 4.69) is 0 Å². The second-order valence-electron chi connectivity index (χ2n) is 5.09. The molecule has 0 aliphatic carbocycles. The van der Waals surface area contributed by atoms with E-state index in [1.165, 1.54) is 16.4 Å². The number of nitrogens with two attached hydrogens (primary N) is 1. The van der Waals surface area contributed by atoms with Crippen LogP contribution in [-0.4, -0.2) is 31.9 Å². The van der Waals surface area contributed by atoms with Gasteiger partial charge in [0.2, 0.25) is 10.0 Å². The van der Waals surface area contributed by atoms with Gasteiger partial charge in [-0.15, -0.1) is 0 Å². The molecule has 5 nitrogen and oxygen atoms in total. The minimum absolute atomic E-state index is 0.0534. The molecule has 0 amide bonds. The summed E-state index contributed by atoms with van der Waals surface area (Å²) < 4.78 is 26.8. The quantitative estimate of drug-likeness (QED) is 0.910. The first kappa shape index (κ1) is 15.0. The molecule has 1 heterocycles. The Hall–Kier alpha value is -1.42. The zero-order valence-corrected chi connectivity index (χ0v) is 12.3. The van der Waals surface area contributed by atoms with Crippen molar-refractivity contribution in [2.24, 2.45) is 11.7 Å². The lowest BCUT2D eigenvalue weighted by Crippen LogP contribution is -2.48. The maximum Gasteiger partial charge on any atom is 0.244 e. The molecule has 2 N–H and O–H groups in total. The summed E-state index contributed by atoms with van der Waals surface area (Å²) >= 11 is 0. The van der Waals surface area contributed by atoms with Crippen molar-refractivity contribution in [3.8, 4) is 6.07 Å². The van der Waals surface area contributed by atoms with Crippen LogP contribution in [0.15, 0.2) is 29.2 Å². The predicted molar refractivity (Wildman–Crippen MR) is 76.3 cm³/mol. The molecular weight excluding hydrogens is 274 g/mol. The predicted octanol–water partition coefficient (Wildman–Crippen LogP) is 1.31. The first-order valence-corrected chi connectivity index (χ1v) is 8.19. The molecule has 0 radical (unpaired) electrons. The largest absolute Gasteiger partial charge is 0.327 e. The van der Waals surface area contributed by atoms with Crippen LogP contribution in [0, 0.1) is 17.2 Å². The SMILES string of the molecule is CCC1CN(S(=O)(=O)c2ccccc2C#N)CCC1N. The monoisotopic (exact) mass is 293 g/mol. The molecule has 1 aliphatic heterocycles. The van der Waals surface area contributed by atoms with Crippen molar-refractivity contribution in [2.75, 3.05) is 13.1 Å². The molecular formula is C14H19N3O2S. The summed E-state index contributed by atoms with van der Waals surface area (Å²) in [5.41, 5.74) is 6.21. The fraction of sp³-hybridized carbons (Fsp3) is 0.500. The Morgan fingerprint density at radius 1 is 1.45 bits per heavy atom.